The number of esters is 1. The quantitative estimate of drug-likeness (QED) is 0.568. The maximum atomic E-state index is 13.1. The number of nitrogens with zero attached hydrogens (tertiary/aromatic N) is 2. The van der Waals surface area contributed by atoms with Crippen LogP contribution in [0, 0.1) is 0 Å². The van der Waals surface area contributed by atoms with E-state index in [2.05, 4.69) is 5.32 Å². The van der Waals surface area contributed by atoms with Gasteiger partial charge >= 0.3 is 5.97 Å². The molecule has 0 radical (unpaired) electrons. The Bertz CT molecular complexity index is 1250. The van der Waals surface area contributed by atoms with E-state index in [0.29, 0.717) is 33.6 Å². The van der Waals surface area contributed by atoms with Gasteiger partial charge in [0.15, 0.2) is 0 Å². The van der Waals surface area contributed by atoms with Crippen LogP contribution in [0.25, 0.3) is 10.9 Å². The zero-order valence-electron chi connectivity index (χ0n) is 18.5. The Labute approximate surface area is 196 Å². The lowest BCUT2D eigenvalue weighted by atomic mass is 10.0. The molecule has 0 aliphatic carbocycles. The summed E-state index contributed by atoms with van der Waals surface area (Å²) in [4.78, 5) is 42.8. The van der Waals surface area contributed by atoms with E-state index < -0.39 is 12.0 Å². The standard InChI is InChI=1S/C25H26ClN3O4/c1-33-23(30)15-21(17-8-5-6-9-19(17)26)28-24(31)16-11-12-18-20(14-16)27-22-10-4-2-3-7-13-29(22)25(18)32/h5-6,8-9,11-12,14,21H,2-4,7,10,13,15H2,1H3,(H,28,31). The molecule has 1 aliphatic heterocycles. The summed E-state index contributed by atoms with van der Waals surface area (Å²) in [5.74, 6) is -0.0872. The van der Waals surface area contributed by atoms with Crippen molar-refractivity contribution in [2.75, 3.05) is 7.11 Å². The molecular weight excluding hydrogens is 442 g/mol. The Morgan fingerprint density at radius 3 is 2.73 bits per heavy atom. The smallest absolute Gasteiger partial charge is 0.307 e. The molecule has 3 aromatic rings. The summed E-state index contributed by atoms with van der Waals surface area (Å²) in [7, 11) is 1.30. The first-order chi connectivity index (χ1) is 16.0. The SMILES string of the molecule is COC(=O)CC(NC(=O)c1ccc2c(=O)n3c(nc2c1)CCCCCC3)c1ccccc1Cl. The van der Waals surface area contributed by atoms with Crippen LogP contribution in [-0.2, 0) is 22.5 Å². The number of carbonyl (C=O) groups excluding carboxylic acids is 2. The average Bonchev–Trinajstić information content (AvgIpc) is 2.79. The molecule has 172 valence electrons. The van der Waals surface area contributed by atoms with Crippen molar-refractivity contribution >= 4 is 34.4 Å². The van der Waals surface area contributed by atoms with Crippen molar-refractivity contribution in [2.24, 2.45) is 0 Å². The molecule has 1 amide bonds. The van der Waals surface area contributed by atoms with Gasteiger partial charge in [0.1, 0.15) is 5.82 Å². The maximum Gasteiger partial charge on any atom is 0.307 e. The van der Waals surface area contributed by atoms with Gasteiger partial charge in [-0.15, -0.1) is 0 Å². The number of aryl methyl sites for hydroxylation is 1. The molecule has 1 unspecified atom stereocenters. The largest absolute Gasteiger partial charge is 0.469 e. The summed E-state index contributed by atoms with van der Waals surface area (Å²) in [6, 6.07) is 11.3. The number of ether oxygens (including phenoxy) is 1. The van der Waals surface area contributed by atoms with Crippen LogP contribution in [-0.4, -0.2) is 28.5 Å². The van der Waals surface area contributed by atoms with E-state index in [4.69, 9.17) is 21.3 Å². The summed E-state index contributed by atoms with van der Waals surface area (Å²) >= 11 is 6.31. The number of hydrogen-bond acceptors (Lipinski definition) is 5. The highest BCUT2D eigenvalue weighted by Gasteiger charge is 2.22. The molecular formula is C25H26ClN3O4. The number of benzene rings is 2. The molecule has 0 spiro atoms. The minimum Gasteiger partial charge on any atom is -0.469 e. The van der Waals surface area contributed by atoms with Gasteiger partial charge in [-0.25, -0.2) is 4.98 Å². The van der Waals surface area contributed by atoms with Crippen LogP contribution in [0.15, 0.2) is 47.3 Å². The summed E-state index contributed by atoms with van der Waals surface area (Å²) in [5.41, 5.74) is 1.41. The number of halogens is 1. The average molecular weight is 468 g/mol. The van der Waals surface area contributed by atoms with Crippen LogP contribution < -0.4 is 10.9 Å². The summed E-state index contributed by atoms with van der Waals surface area (Å²) in [5, 5.41) is 3.82. The monoisotopic (exact) mass is 467 g/mol. The lowest BCUT2D eigenvalue weighted by Crippen LogP contribution is -2.31. The molecule has 8 heteroatoms. The second-order valence-corrected chi connectivity index (χ2v) is 8.62. The van der Waals surface area contributed by atoms with E-state index >= 15 is 0 Å². The Kier molecular flexibility index (Phi) is 7.08. The molecule has 2 aromatic carbocycles. The van der Waals surface area contributed by atoms with Gasteiger partial charge in [0.25, 0.3) is 11.5 Å². The number of rotatable bonds is 5. The second-order valence-electron chi connectivity index (χ2n) is 8.21. The minimum atomic E-state index is -0.663. The Morgan fingerprint density at radius 2 is 1.94 bits per heavy atom. The molecule has 0 fully saturated rings. The Morgan fingerprint density at radius 1 is 1.15 bits per heavy atom. The summed E-state index contributed by atoms with van der Waals surface area (Å²) in [6.45, 7) is 0.673. The Balaban J connectivity index is 1.66. The highest BCUT2D eigenvalue weighted by atomic mass is 35.5. The number of hydrogen-bond donors (Lipinski definition) is 1. The zero-order valence-corrected chi connectivity index (χ0v) is 19.2. The first kappa shape index (κ1) is 23.0. The molecule has 1 aromatic heterocycles. The first-order valence-electron chi connectivity index (χ1n) is 11.1. The summed E-state index contributed by atoms with van der Waals surface area (Å²) in [6.07, 6.45) is 4.87. The maximum absolute atomic E-state index is 13.1. The molecule has 0 saturated carbocycles. The molecule has 1 aliphatic rings. The number of methoxy groups -OCH3 is 1. The molecule has 0 bridgehead atoms. The van der Waals surface area contributed by atoms with Gasteiger partial charge in [-0.05, 0) is 42.7 Å². The van der Waals surface area contributed by atoms with Crippen molar-refractivity contribution in [3.05, 3.63) is 74.8 Å². The van der Waals surface area contributed by atoms with E-state index in [0.717, 1.165) is 37.9 Å². The predicted octanol–water partition coefficient (Wildman–Crippen LogP) is 4.20. The van der Waals surface area contributed by atoms with Gasteiger partial charge in [0.2, 0.25) is 0 Å². The molecule has 1 N–H and O–H groups in total. The van der Waals surface area contributed by atoms with Gasteiger partial charge < -0.3 is 10.1 Å². The van der Waals surface area contributed by atoms with Crippen LogP contribution in [0.2, 0.25) is 5.02 Å². The molecule has 1 atom stereocenters. The Hall–Kier alpha value is -3.19. The van der Waals surface area contributed by atoms with Crippen LogP contribution in [0.5, 0.6) is 0 Å². The van der Waals surface area contributed by atoms with Crippen molar-refractivity contribution in [2.45, 2.75) is 51.1 Å². The fraction of sp³-hybridized carbons (Fsp3) is 0.360. The fourth-order valence-corrected chi connectivity index (χ4v) is 4.49. The van der Waals surface area contributed by atoms with Crippen molar-refractivity contribution in [3.8, 4) is 0 Å². The van der Waals surface area contributed by atoms with Crippen LogP contribution in [0.1, 0.15) is 59.9 Å². The third kappa shape index (κ3) is 5.09. The number of nitrogens with one attached hydrogen (secondary N) is 1. The van der Waals surface area contributed by atoms with Gasteiger partial charge in [-0.2, -0.15) is 0 Å². The van der Waals surface area contributed by atoms with E-state index in [1.807, 2.05) is 0 Å². The fourth-order valence-electron chi connectivity index (χ4n) is 4.22. The molecule has 2 heterocycles. The van der Waals surface area contributed by atoms with E-state index in [1.54, 1.807) is 47.0 Å². The lowest BCUT2D eigenvalue weighted by Gasteiger charge is -2.20. The zero-order chi connectivity index (χ0) is 23.4. The first-order valence-corrected chi connectivity index (χ1v) is 11.5. The van der Waals surface area contributed by atoms with Crippen molar-refractivity contribution < 1.29 is 14.3 Å². The lowest BCUT2D eigenvalue weighted by molar-refractivity contribution is -0.141. The van der Waals surface area contributed by atoms with Gasteiger partial charge in [-0.1, -0.05) is 42.6 Å². The predicted molar refractivity (Wildman–Crippen MR) is 126 cm³/mol. The van der Waals surface area contributed by atoms with Crippen molar-refractivity contribution in [3.63, 3.8) is 0 Å². The third-order valence-corrected chi connectivity index (χ3v) is 6.36. The highest BCUT2D eigenvalue weighted by molar-refractivity contribution is 6.31. The normalized spacial score (nSPS) is 14.6. The van der Waals surface area contributed by atoms with Gasteiger partial charge in [-0.3, -0.25) is 19.0 Å². The van der Waals surface area contributed by atoms with Crippen LogP contribution in [0.4, 0.5) is 0 Å². The van der Waals surface area contributed by atoms with E-state index in [1.165, 1.54) is 7.11 Å². The van der Waals surface area contributed by atoms with Crippen molar-refractivity contribution in [1.82, 2.24) is 14.9 Å². The molecule has 0 saturated heterocycles. The number of amides is 1. The summed E-state index contributed by atoms with van der Waals surface area (Å²) < 4.78 is 6.56. The number of carbonyl (C=O) groups is 2. The number of aromatic nitrogens is 2. The third-order valence-electron chi connectivity index (χ3n) is 6.01. The molecule has 4 rings (SSSR count). The number of fused-ring (bicyclic) bond motifs is 2. The topological polar surface area (TPSA) is 90.3 Å². The van der Waals surface area contributed by atoms with Gasteiger partial charge in [0.05, 0.1) is 30.5 Å². The van der Waals surface area contributed by atoms with E-state index in [-0.39, 0.29) is 17.9 Å². The van der Waals surface area contributed by atoms with Crippen LogP contribution in [0.3, 0.4) is 0 Å². The highest BCUT2D eigenvalue weighted by Crippen LogP contribution is 2.26. The second kappa shape index (κ2) is 10.2. The van der Waals surface area contributed by atoms with Crippen LogP contribution >= 0.6 is 11.6 Å². The van der Waals surface area contributed by atoms with E-state index in [9.17, 15) is 14.4 Å². The molecule has 33 heavy (non-hydrogen) atoms. The minimum absolute atomic E-state index is 0.0628. The van der Waals surface area contributed by atoms with Crippen molar-refractivity contribution in [1.29, 1.82) is 0 Å². The van der Waals surface area contributed by atoms with Gasteiger partial charge in [0, 0.05) is 23.6 Å². The molecule has 7 nitrogen and oxygen atoms in total.